The fourth-order valence-electron chi connectivity index (χ4n) is 3.89. The lowest BCUT2D eigenvalue weighted by molar-refractivity contribution is -0.125. The molecule has 1 aliphatic heterocycles. The Kier molecular flexibility index (Phi) is 5.67. The third-order valence-electron chi connectivity index (χ3n) is 5.08. The van der Waals surface area contributed by atoms with Crippen LogP contribution in [0.2, 0.25) is 0 Å². The average molecular weight is 337 g/mol. The number of carbonyl (C=O) groups excluding carboxylic acids is 1. The Balaban J connectivity index is 1.50. The van der Waals surface area contributed by atoms with Crippen molar-refractivity contribution in [2.45, 2.75) is 51.0 Å². The molecule has 23 heavy (non-hydrogen) atoms. The van der Waals surface area contributed by atoms with Crippen molar-refractivity contribution in [2.75, 3.05) is 32.8 Å². The monoisotopic (exact) mass is 337 g/mol. The molecule has 2 aliphatic rings. The Hall–Kier alpha value is -0.980. The Bertz CT molecular complexity index is 520. The van der Waals surface area contributed by atoms with Crippen LogP contribution in [-0.2, 0) is 16.0 Å². The highest BCUT2D eigenvalue weighted by Gasteiger charge is 2.41. The van der Waals surface area contributed by atoms with Gasteiger partial charge >= 0.3 is 0 Å². The van der Waals surface area contributed by atoms with Crippen LogP contribution >= 0.6 is 11.3 Å². The van der Waals surface area contributed by atoms with Crippen molar-refractivity contribution in [3.63, 3.8) is 0 Å². The highest BCUT2D eigenvalue weighted by atomic mass is 32.1. The number of ether oxygens (including phenoxy) is 1. The molecule has 5 nitrogen and oxygen atoms in total. The molecule has 3 rings (SSSR count). The quantitative estimate of drug-likeness (QED) is 0.864. The molecular formula is C17H27N3O2S. The predicted molar refractivity (Wildman–Crippen MR) is 91.8 cm³/mol. The molecule has 0 spiro atoms. The lowest BCUT2D eigenvalue weighted by Gasteiger charge is -2.43. The summed E-state index contributed by atoms with van der Waals surface area (Å²) in [6.45, 7) is 6.22. The van der Waals surface area contributed by atoms with Crippen LogP contribution in [-0.4, -0.2) is 54.2 Å². The van der Waals surface area contributed by atoms with E-state index in [1.54, 1.807) is 11.3 Å². The smallest absolute Gasteiger partial charge is 0.221 e. The summed E-state index contributed by atoms with van der Waals surface area (Å²) in [5.41, 5.74) is 1.15. The van der Waals surface area contributed by atoms with E-state index in [4.69, 9.17) is 4.74 Å². The number of aryl methyl sites for hydroxylation is 1. The fraction of sp³-hybridized carbons (Fsp3) is 0.765. The van der Waals surface area contributed by atoms with Gasteiger partial charge in [-0.3, -0.25) is 9.69 Å². The van der Waals surface area contributed by atoms with Crippen LogP contribution in [0.3, 0.4) is 0 Å². The maximum Gasteiger partial charge on any atom is 0.221 e. The molecule has 1 N–H and O–H groups in total. The van der Waals surface area contributed by atoms with Crippen molar-refractivity contribution >= 4 is 17.2 Å². The van der Waals surface area contributed by atoms with Crippen LogP contribution < -0.4 is 5.32 Å². The summed E-state index contributed by atoms with van der Waals surface area (Å²) in [6, 6.07) is 0. The van der Waals surface area contributed by atoms with Crippen LogP contribution in [0.25, 0.3) is 0 Å². The number of nitrogens with zero attached hydrogens (tertiary/aromatic N) is 2. The van der Waals surface area contributed by atoms with Crippen LogP contribution in [0.1, 0.15) is 42.8 Å². The lowest BCUT2D eigenvalue weighted by Crippen LogP contribution is -2.54. The van der Waals surface area contributed by atoms with Crippen molar-refractivity contribution in [1.29, 1.82) is 0 Å². The van der Waals surface area contributed by atoms with E-state index in [1.165, 1.54) is 12.8 Å². The maximum atomic E-state index is 12.5. The summed E-state index contributed by atoms with van der Waals surface area (Å²) < 4.78 is 5.48. The van der Waals surface area contributed by atoms with E-state index < -0.39 is 0 Å². The summed E-state index contributed by atoms with van der Waals surface area (Å²) >= 11 is 1.67. The number of hydrogen-bond donors (Lipinski definition) is 1. The minimum Gasteiger partial charge on any atom is -0.379 e. The topological polar surface area (TPSA) is 54.5 Å². The maximum absolute atomic E-state index is 12.5. The summed E-state index contributed by atoms with van der Waals surface area (Å²) in [5, 5.41) is 6.26. The van der Waals surface area contributed by atoms with Gasteiger partial charge in [0.25, 0.3) is 0 Å². The SMILES string of the molecule is Cc1nc(CCNC(=O)CC2(N3CCOCC3)CCCC2)cs1. The van der Waals surface area contributed by atoms with Crippen LogP contribution in [0.15, 0.2) is 5.38 Å². The van der Waals surface area contributed by atoms with E-state index in [9.17, 15) is 4.79 Å². The molecule has 2 heterocycles. The molecule has 1 aromatic heterocycles. The normalized spacial score (nSPS) is 21.4. The molecule has 0 atom stereocenters. The average Bonchev–Trinajstić information content (AvgIpc) is 3.18. The third-order valence-corrected chi connectivity index (χ3v) is 5.90. The number of hydrogen-bond acceptors (Lipinski definition) is 5. The van der Waals surface area contributed by atoms with Gasteiger partial charge < -0.3 is 10.1 Å². The fourth-order valence-corrected chi connectivity index (χ4v) is 4.54. The van der Waals surface area contributed by atoms with Crippen LogP contribution in [0.5, 0.6) is 0 Å². The molecule has 1 saturated heterocycles. The standard InChI is InChI=1S/C17H27N3O2S/c1-14-19-15(13-23-14)4-7-18-16(21)12-17(5-2-3-6-17)20-8-10-22-11-9-20/h13H,2-12H2,1H3,(H,18,21). The van der Waals surface area contributed by atoms with Crippen molar-refractivity contribution in [1.82, 2.24) is 15.2 Å². The molecule has 128 valence electrons. The highest BCUT2D eigenvalue weighted by molar-refractivity contribution is 7.09. The summed E-state index contributed by atoms with van der Waals surface area (Å²) in [4.78, 5) is 19.4. The number of carbonyl (C=O) groups is 1. The molecule has 6 heteroatoms. The summed E-state index contributed by atoms with van der Waals surface area (Å²) in [5.74, 6) is 0.186. The first kappa shape index (κ1) is 16.9. The Morgan fingerprint density at radius 1 is 1.39 bits per heavy atom. The van der Waals surface area contributed by atoms with Gasteiger partial charge in [-0.2, -0.15) is 0 Å². The van der Waals surface area contributed by atoms with Gasteiger partial charge in [0.2, 0.25) is 5.91 Å². The largest absolute Gasteiger partial charge is 0.379 e. The van der Waals surface area contributed by atoms with Gasteiger partial charge in [-0.25, -0.2) is 4.98 Å². The van der Waals surface area contributed by atoms with Gasteiger partial charge in [-0.1, -0.05) is 12.8 Å². The molecule has 1 aliphatic carbocycles. The number of nitrogens with one attached hydrogen (secondary N) is 1. The number of aromatic nitrogens is 1. The Morgan fingerprint density at radius 3 is 2.78 bits per heavy atom. The van der Waals surface area contributed by atoms with E-state index in [-0.39, 0.29) is 11.4 Å². The van der Waals surface area contributed by atoms with E-state index in [2.05, 4.69) is 20.6 Å². The van der Waals surface area contributed by atoms with E-state index in [0.717, 1.165) is 56.3 Å². The first-order valence-corrected chi connectivity index (χ1v) is 9.56. The van der Waals surface area contributed by atoms with Crippen molar-refractivity contribution in [3.8, 4) is 0 Å². The predicted octanol–water partition coefficient (Wildman–Crippen LogP) is 2.15. The molecule has 0 bridgehead atoms. The molecule has 2 fully saturated rings. The summed E-state index contributed by atoms with van der Waals surface area (Å²) in [6.07, 6.45) is 6.21. The second-order valence-corrected chi connectivity index (χ2v) is 7.73. The van der Waals surface area contributed by atoms with Crippen LogP contribution in [0.4, 0.5) is 0 Å². The van der Waals surface area contributed by atoms with Crippen molar-refractivity contribution < 1.29 is 9.53 Å². The third kappa shape index (κ3) is 4.31. The molecule has 0 aromatic carbocycles. The zero-order valence-corrected chi connectivity index (χ0v) is 14.8. The first-order chi connectivity index (χ1) is 11.2. The lowest BCUT2D eigenvalue weighted by atomic mass is 9.90. The minimum atomic E-state index is 0.0745. The molecule has 1 amide bonds. The first-order valence-electron chi connectivity index (χ1n) is 8.68. The van der Waals surface area contributed by atoms with Crippen molar-refractivity contribution in [3.05, 3.63) is 16.1 Å². The minimum absolute atomic E-state index is 0.0745. The molecule has 0 unspecified atom stereocenters. The Morgan fingerprint density at radius 2 is 2.13 bits per heavy atom. The van der Waals surface area contributed by atoms with Gasteiger partial charge in [0, 0.05) is 43.4 Å². The van der Waals surface area contributed by atoms with Crippen LogP contribution in [0, 0.1) is 6.92 Å². The second kappa shape index (κ2) is 7.73. The zero-order chi connectivity index (χ0) is 16.1. The van der Waals surface area contributed by atoms with Gasteiger partial charge in [0.1, 0.15) is 0 Å². The second-order valence-electron chi connectivity index (χ2n) is 6.67. The van der Waals surface area contributed by atoms with Crippen molar-refractivity contribution in [2.24, 2.45) is 0 Å². The van der Waals surface area contributed by atoms with E-state index in [1.807, 2.05) is 6.92 Å². The molecule has 0 radical (unpaired) electrons. The van der Waals surface area contributed by atoms with E-state index in [0.29, 0.717) is 13.0 Å². The van der Waals surface area contributed by atoms with E-state index >= 15 is 0 Å². The van der Waals surface area contributed by atoms with Gasteiger partial charge in [-0.15, -0.1) is 11.3 Å². The summed E-state index contributed by atoms with van der Waals surface area (Å²) in [7, 11) is 0. The zero-order valence-electron chi connectivity index (χ0n) is 14.0. The highest BCUT2D eigenvalue weighted by Crippen LogP contribution is 2.38. The molecular weight excluding hydrogens is 310 g/mol. The van der Waals surface area contributed by atoms with Gasteiger partial charge in [-0.05, 0) is 19.8 Å². The number of morpholine rings is 1. The number of rotatable bonds is 6. The van der Waals surface area contributed by atoms with Gasteiger partial charge in [0.05, 0.1) is 23.9 Å². The molecule has 1 aromatic rings. The van der Waals surface area contributed by atoms with Gasteiger partial charge in [0.15, 0.2) is 0 Å². The molecule has 1 saturated carbocycles. The Labute approximate surface area is 142 Å². The number of amides is 1. The number of thiazole rings is 1.